The molecule has 4 nitrogen and oxygen atoms in total. The number of carbonyl (C=O) groups excluding carboxylic acids is 2. The van der Waals surface area contributed by atoms with Gasteiger partial charge in [0.1, 0.15) is 5.82 Å². The summed E-state index contributed by atoms with van der Waals surface area (Å²) in [6.07, 6.45) is 3.07. The molecule has 0 aromatic heterocycles. The number of nitrogens with one attached hydrogen (secondary N) is 1. The highest BCUT2D eigenvalue weighted by atomic mass is 19.1. The predicted octanol–water partition coefficient (Wildman–Crippen LogP) is 2.77. The number of nitrogens with zero attached hydrogens (tertiary/aromatic N) is 1. The van der Waals surface area contributed by atoms with Crippen molar-refractivity contribution in [2.24, 2.45) is 11.8 Å². The summed E-state index contributed by atoms with van der Waals surface area (Å²) in [7, 11) is 0. The summed E-state index contributed by atoms with van der Waals surface area (Å²) in [4.78, 5) is 26.4. The van der Waals surface area contributed by atoms with Gasteiger partial charge >= 0.3 is 0 Å². The average Bonchev–Trinajstić information content (AvgIpc) is 2.59. The molecule has 1 aromatic carbocycles. The maximum absolute atomic E-state index is 13.2. The van der Waals surface area contributed by atoms with Gasteiger partial charge in [0.25, 0.3) is 0 Å². The SMILES string of the molecule is CCNC(=O)[C@@H]1CCCN(C(=O)[C@H](C)CCc2cccc(F)c2)C1. The average molecular weight is 334 g/mol. The Morgan fingerprint density at radius 2 is 2.21 bits per heavy atom. The first-order valence-corrected chi connectivity index (χ1v) is 8.82. The molecule has 1 aliphatic rings. The van der Waals surface area contributed by atoms with E-state index in [2.05, 4.69) is 5.32 Å². The van der Waals surface area contributed by atoms with Gasteiger partial charge in [-0.2, -0.15) is 0 Å². The minimum absolute atomic E-state index is 0.0439. The van der Waals surface area contributed by atoms with Crippen LogP contribution in [0.5, 0.6) is 0 Å². The molecule has 0 bridgehead atoms. The lowest BCUT2D eigenvalue weighted by Crippen LogP contribution is -2.47. The van der Waals surface area contributed by atoms with Crippen molar-refractivity contribution in [3.05, 3.63) is 35.6 Å². The molecule has 0 radical (unpaired) electrons. The fourth-order valence-electron chi connectivity index (χ4n) is 3.22. The molecule has 1 saturated heterocycles. The predicted molar refractivity (Wildman–Crippen MR) is 91.9 cm³/mol. The Labute approximate surface area is 143 Å². The molecule has 1 heterocycles. The molecule has 24 heavy (non-hydrogen) atoms. The van der Waals surface area contributed by atoms with Gasteiger partial charge in [-0.1, -0.05) is 19.1 Å². The van der Waals surface area contributed by atoms with E-state index >= 15 is 0 Å². The molecule has 2 atom stereocenters. The summed E-state index contributed by atoms with van der Waals surface area (Å²) >= 11 is 0. The number of likely N-dealkylation sites (tertiary alicyclic amines) is 1. The third kappa shape index (κ3) is 5.05. The van der Waals surface area contributed by atoms with Crippen LogP contribution in [0.4, 0.5) is 4.39 Å². The minimum atomic E-state index is -0.243. The van der Waals surface area contributed by atoms with Gasteiger partial charge in [0, 0.05) is 25.6 Å². The van der Waals surface area contributed by atoms with Crippen LogP contribution in [0.3, 0.4) is 0 Å². The van der Waals surface area contributed by atoms with E-state index in [9.17, 15) is 14.0 Å². The third-order valence-electron chi connectivity index (χ3n) is 4.63. The van der Waals surface area contributed by atoms with Crippen molar-refractivity contribution < 1.29 is 14.0 Å². The number of hydrogen-bond acceptors (Lipinski definition) is 2. The molecule has 1 N–H and O–H groups in total. The molecule has 0 saturated carbocycles. The van der Waals surface area contributed by atoms with Crippen LogP contribution in [-0.2, 0) is 16.0 Å². The third-order valence-corrected chi connectivity index (χ3v) is 4.63. The lowest BCUT2D eigenvalue weighted by atomic mass is 9.94. The zero-order valence-electron chi connectivity index (χ0n) is 14.6. The van der Waals surface area contributed by atoms with Crippen LogP contribution >= 0.6 is 0 Å². The van der Waals surface area contributed by atoms with Crippen LogP contribution in [-0.4, -0.2) is 36.3 Å². The second kappa shape index (κ2) is 8.81. The van der Waals surface area contributed by atoms with Gasteiger partial charge in [0.2, 0.25) is 11.8 Å². The molecule has 5 heteroatoms. The second-order valence-corrected chi connectivity index (χ2v) is 6.59. The number of hydrogen-bond donors (Lipinski definition) is 1. The van der Waals surface area contributed by atoms with Crippen LogP contribution in [0, 0.1) is 17.7 Å². The Balaban J connectivity index is 1.86. The Kier molecular flexibility index (Phi) is 6.76. The van der Waals surface area contributed by atoms with Gasteiger partial charge in [0.05, 0.1) is 5.92 Å². The van der Waals surface area contributed by atoms with E-state index in [1.54, 1.807) is 6.07 Å². The quantitative estimate of drug-likeness (QED) is 0.870. The van der Waals surface area contributed by atoms with E-state index < -0.39 is 0 Å². The summed E-state index contributed by atoms with van der Waals surface area (Å²) in [5.74, 6) is -0.325. The van der Waals surface area contributed by atoms with Gasteiger partial charge < -0.3 is 10.2 Å². The highest BCUT2D eigenvalue weighted by Crippen LogP contribution is 2.20. The monoisotopic (exact) mass is 334 g/mol. The van der Waals surface area contributed by atoms with Crippen molar-refractivity contribution in [2.75, 3.05) is 19.6 Å². The fraction of sp³-hybridized carbons (Fsp3) is 0.579. The van der Waals surface area contributed by atoms with Crippen molar-refractivity contribution in [3.63, 3.8) is 0 Å². The molecule has 1 aliphatic heterocycles. The molecule has 2 amide bonds. The molecule has 0 unspecified atom stereocenters. The maximum atomic E-state index is 13.2. The fourth-order valence-corrected chi connectivity index (χ4v) is 3.22. The molecule has 2 rings (SSSR count). The van der Waals surface area contributed by atoms with Gasteiger partial charge in [-0.05, 0) is 50.3 Å². The van der Waals surface area contributed by atoms with Gasteiger partial charge in [-0.15, -0.1) is 0 Å². The lowest BCUT2D eigenvalue weighted by Gasteiger charge is -2.33. The number of halogens is 1. The Bertz CT molecular complexity index is 576. The summed E-state index contributed by atoms with van der Waals surface area (Å²) in [6.45, 7) is 5.66. The zero-order chi connectivity index (χ0) is 17.5. The lowest BCUT2D eigenvalue weighted by molar-refractivity contribution is -0.139. The summed E-state index contributed by atoms with van der Waals surface area (Å²) in [5, 5.41) is 2.84. The highest BCUT2D eigenvalue weighted by molar-refractivity contribution is 5.82. The number of rotatable bonds is 6. The van der Waals surface area contributed by atoms with Gasteiger partial charge in [-0.25, -0.2) is 4.39 Å². The first-order valence-electron chi connectivity index (χ1n) is 8.82. The molecule has 1 aromatic rings. The number of aryl methyl sites for hydroxylation is 1. The summed E-state index contributed by atoms with van der Waals surface area (Å²) in [6, 6.07) is 6.52. The van der Waals surface area contributed by atoms with E-state index in [0.717, 1.165) is 24.9 Å². The van der Waals surface area contributed by atoms with E-state index in [1.807, 2.05) is 24.8 Å². The molecular formula is C19H27FN2O2. The normalized spacial score (nSPS) is 19.0. The van der Waals surface area contributed by atoms with Crippen molar-refractivity contribution in [2.45, 2.75) is 39.5 Å². The van der Waals surface area contributed by atoms with Gasteiger partial charge in [-0.3, -0.25) is 9.59 Å². The highest BCUT2D eigenvalue weighted by Gasteiger charge is 2.29. The minimum Gasteiger partial charge on any atom is -0.356 e. The van der Waals surface area contributed by atoms with Crippen molar-refractivity contribution in [1.82, 2.24) is 10.2 Å². The second-order valence-electron chi connectivity index (χ2n) is 6.59. The number of amides is 2. The Morgan fingerprint density at radius 1 is 1.42 bits per heavy atom. The molecule has 0 aliphatic carbocycles. The Morgan fingerprint density at radius 3 is 2.92 bits per heavy atom. The number of piperidine rings is 1. The first kappa shape index (κ1) is 18.4. The first-order chi connectivity index (χ1) is 11.5. The smallest absolute Gasteiger partial charge is 0.225 e. The Hall–Kier alpha value is -1.91. The van der Waals surface area contributed by atoms with E-state index in [-0.39, 0.29) is 29.5 Å². The number of benzene rings is 1. The zero-order valence-corrected chi connectivity index (χ0v) is 14.6. The summed E-state index contributed by atoms with van der Waals surface area (Å²) in [5.41, 5.74) is 0.911. The van der Waals surface area contributed by atoms with E-state index in [4.69, 9.17) is 0 Å². The topological polar surface area (TPSA) is 49.4 Å². The van der Waals surface area contributed by atoms with Crippen LogP contribution in [0.1, 0.15) is 38.7 Å². The molecular weight excluding hydrogens is 307 g/mol. The van der Waals surface area contributed by atoms with Crippen LogP contribution in [0.25, 0.3) is 0 Å². The van der Waals surface area contributed by atoms with Crippen molar-refractivity contribution in [1.29, 1.82) is 0 Å². The standard InChI is InChI=1S/C19H27FN2O2/c1-3-21-18(23)16-7-5-11-22(13-16)19(24)14(2)9-10-15-6-4-8-17(20)12-15/h4,6,8,12,14,16H,3,5,7,9-11,13H2,1-2H3,(H,21,23)/t14-,16-/m1/s1. The largest absolute Gasteiger partial charge is 0.356 e. The van der Waals surface area contributed by atoms with E-state index in [1.165, 1.54) is 12.1 Å². The van der Waals surface area contributed by atoms with Crippen molar-refractivity contribution >= 4 is 11.8 Å². The molecule has 132 valence electrons. The maximum Gasteiger partial charge on any atom is 0.225 e. The summed E-state index contributed by atoms with van der Waals surface area (Å²) < 4.78 is 13.2. The number of carbonyl (C=O) groups is 2. The van der Waals surface area contributed by atoms with E-state index in [0.29, 0.717) is 25.9 Å². The van der Waals surface area contributed by atoms with Crippen LogP contribution in [0.15, 0.2) is 24.3 Å². The van der Waals surface area contributed by atoms with Crippen LogP contribution < -0.4 is 5.32 Å². The molecule has 0 spiro atoms. The molecule has 1 fully saturated rings. The van der Waals surface area contributed by atoms with Crippen molar-refractivity contribution in [3.8, 4) is 0 Å². The van der Waals surface area contributed by atoms with Gasteiger partial charge in [0.15, 0.2) is 0 Å². The van der Waals surface area contributed by atoms with Crippen LogP contribution in [0.2, 0.25) is 0 Å².